The highest BCUT2D eigenvalue weighted by Gasteiger charge is 2.19. The summed E-state index contributed by atoms with van der Waals surface area (Å²) in [6.07, 6.45) is 4.07. The Morgan fingerprint density at radius 1 is 1.11 bits per heavy atom. The second-order valence-corrected chi connectivity index (χ2v) is 6.69. The summed E-state index contributed by atoms with van der Waals surface area (Å²) in [5.74, 6) is 2.02. The Bertz CT molecular complexity index is 916. The average Bonchev–Trinajstić information content (AvgIpc) is 3.13. The van der Waals surface area contributed by atoms with E-state index in [9.17, 15) is 4.79 Å². The Labute approximate surface area is 166 Å². The number of benzene rings is 2. The van der Waals surface area contributed by atoms with Crippen LogP contribution in [0.25, 0.3) is 22.8 Å². The SMILES string of the molecule is CCCCCN(C=O)c1ccccc1-c1oc(-c2ccc(OC)cc2)nc1C. The zero-order valence-corrected chi connectivity index (χ0v) is 16.6. The summed E-state index contributed by atoms with van der Waals surface area (Å²) in [7, 11) is 1.64. The fourth-order valence-corrected chi connectivity index (χ4v) is 3.18. The topological polar surface area (TPSA) is 55.6 Å². The van der Waals surface area contributed by atoms with Gasteiger partial charge >= 0.3 is 0 Å². The molecule has 1 amide bonds. The van der Waals surface area contributed by atoms with Crippen molar-refractivity contribution < 1.29 is 13.9 Å². The van der Waals surface area contributed by atoms with Crippen LogP contribution in [0.1, 0.15) is 31.9 Å². The highest BCUT2D eigenvalue weighted by Crippen LogP contribution is 2.35. The van der Waals surface area contributed by atoms with Gasteiger partial charge in [0.1, 0.15) is 5.75 Å². The number of unbranched alkanes of at least 4 members (excludes halogenated alkanes) is 2. The first-order valence-corrected chi connectivity index (χ1v) is 9.61. The number of para-hydroxylation sites is 1. The third-order valence-electron chi connectivity index (χ3n) is 4.72. The number of ether oxygens (including phenoxy) is 1. The smallest absolute Gasteiger partial charge is 0.226 e. The molecule has 3 aromatic rings. The van der Waals surface area contributed by atoms with E-state index in [-0.39, 0.29) is 0 Å². The predicted molar refractivity (Wildman–Crippen MR) is 112 cm³/mol. The zero-order valence-electron chi connectivity index (χ0n) is 16.6. The molecule has 0 aliphatic carbocycles. The minimum Gasteiger partial charge on any atom is -0.497 e. The van der Waals surface area contributed by atoms with Gasteiger partial charge in [-0.3, -0.25) is 4.79 Å². The maximum atomic E-state index is 11.7. The van der Waals surface area contributed by atoms with E-state index < -0.39 is 0 Å². The Hall–Kier alpha value is -3.08. The molecule has 0 saturated carbocycles. The molecule has 3 rings (SSSR count). The van der Waals surface area contributed by atoms with Crippen molar-refractivity contribution in [3.63, 3.8) is 0 Å². The first kappa shape index (κ1) is 19.7. The number of nitrogens with zero attached hydrogens (tertiary/aromatic N) is 2. The Kier molecular flexibility index (Phi) is 6.48. The number of carbonyl (C=O) groups excluding carboxylic acids is 1. The fourth-order valence-electron chi connectivity index (χ4n) is 3.18. The van der Waals surface area contributed by atoms with Gasteiger partial charge in [-0.25, -0.2) is 4.98 Å². The molecule has 0 unspecified atom stereocenters. The number of anilines is 1. The maximum Gasteiger partial charge on any atom is 0.226 e. The molecule has 1 heterocycles. The van der Waals surface area contributed by atoms with Crippen LogP contribution in [-0.4, -0.2) is 25.0 Å². The van der Waals surface area contributed by atoms with Gasteiger partial charge in [0.2, 0.25) is 12.3 Å². The number of methoxy groups -OCH3 is 1. The monoisotopic (exact) mass is 378 g/mol. The summed E-state index contributed by atoms with van der Waals surface area (Å²) < 4.78 is 11.3. The average molecular weight is 378 g/mol. The van der Waals surface area contributed by atoms with Crippen LogP contribution in [0.3, 0.4) is 0 Å². The molecule has 0 fully saturated rings. The first-order chi connectivity index (χ1) is 13.7. The van der Waals surface area contributed by atoms with Gasteiger partial charge in [-0.1, -0.05) is 31.9 Å². The summed E-state index contributed by atoms with van der Waals surface area (Å²) in [6, 6.07) is 15.4. The van der Waals surface area contributed by atoms with Crippen LogP contribution >= 0.6 is 0 Å². The van der Waals surface area contributed by atoms with Crippen LogP contribution in [0.15, 0.2) is 52.9 Å². The van der Waals surface area contributed by atoms with Gasteiger partial charge in [-0.2, -0.15) is 0 Å². The van der Waals surface area contributed by atoms with Gasteiger partial charge < -0.3 is 14.1 Å². The van der Waals surface area contributed by atoms with Crippen LogP contribution in [0.2, 0.25) is 0 Å². The largest absolute Gasteiger partial charge is 0.497 e. The van der Waals surface area contributed by atoms with Crippen LogP contribution in [0.5, 0.6) is 5.75 Å². The van der Waals surface area contributed by atoms with Crippen LogP contribution in [0.4, 0.5) is 5.69 Å². The van der Waals surface area contributed by atoms with Crippen molar-refractivity contribution in [3.8, 4) is 28.5 Å². The Morgan fingerprint density at radius 2 is 1.86 bits per heavy atom. The fraction of sp³-hybridized carbons (Fsp3) is 0.304. The maximum absolute atomic E-state index is 11.7. The van der Waals surface area contributed by atoms with E-state index in [1.54, 1.807) is 12.0 Å². The molecule has 0 N–H and O–H groups in total. The zero-order chi connectivity index (χ0) is 19.9. The molecule has 0 radical (unpaired) electrons. The number of amides is 1. The van der Waals surface area contributed by atoms with Crippen LogP contribution in [-0.2, 0) is 4.79 Å². The first-order valence-electron chi connectivity index (χ1n) is 9.61. The lowest BCUT2D eigenvalue weighted by Gasteiger charge is -2.20. The molecule has 0 spiro atoms. The molecule has 0 aliphatic rings. The highest BCUT2D eigenvalue weighted by atomic mass is 16.5. The lowest BCUT2D eigenvalue weighted by atomic mass is 10.1. The van der Waals surface area contributed by atoms with Crippen molar-refractivity contribution in [2.75, 3.05) is 18.6 Å². The molecule has 5 heteroatoms. The minimum atomic E-state index is 0.550. The van der Waals surface area contributed by atoms with E-state index in [0.29, 0.717) is 18.2 Å². The van der Waals surface area contributed by atoms with Crippen molar-refractivity contribution in [1.29, 1.82) is 0 Å². The molecule has 1 aromatic heterocycles. The standard InChI is InChI=1S/C23H26N2O3/c1-4-5-8-15-25(16-26)21-10-7-6-9-20(21)22-17(2)24-23(28-22)18-11-13-19(27-3)14-12-18/h6-7,9-14,16H,4-5,8,15H2,1-3H3. The normalized spacial score (nSPS) is 10.7. The van der Waals surface area contributed by atoms with Crippen molar-refractivity contribution in [3.05, 3.63) is 54.2 Å². The Morgan fingerprint density at radius 3 is 2.54 bits per heavy atom. The molecule has 0 bridgehead atoms. The predicted octanol–water partition coefficient (Wildman–Crippen LogP) is 5.48. The van der Waals surface area contributed by atoms with Crippen molar-refractivity contribution >= 4 is 12.1 Å². The second kappa shape index (κ2) is 9.22. The molecule has 0 atom stereocenters. The molecule has 146 valence electrons. The van der Waals surface area contributed by atoms with Gasteiger partial charge in [-0.15, -0.1) is 0 Å². The summed E-state index contributed by atoms with van der Waals surface area (Å²) in [5.41, 5.74) is 3.38. The van der Waals surface area contributed by atoms with Gasteiger partial charge in [0, 0.05) is 17.7 Å². The van der Waals surface area contributed by atoms with Crippen molar-refractivity contribution in [2.45, 2.75) is 33.1 Å². The van der Waals surface area contributed by atoms with E-state index >= 15 is 0 Å². The number of hydrogen-bond donors (Lipinski definition) is 0. The van der Waals surface area contributed by atoms with Gasteiger partial charge in [0.05, 0.1) is 18.5 Å². The molecular formula is C23H26N2O3. The van der Waals surface area contributed by atoms with E-state index in [1.807, 2.05) is 55.5 Å². The molecule has 5 nitrogen and oxygen atoms in total. The molecule has 28 heavy (non-hydrogen) atoms. The molecule has 2 aromatic carbocycles. The van der Waals surface area contributed by atoms with E-state index in [2.05, 4.69) is 11.9 Å². The number of rotatable bonds is 9. The van der Waals surface area contributed by atoms with Crippen LogP contribution in [0, 0.1) is 6.92 Å². The number of aromatic nitrogens is 1. The molecule has 0 saturated heterocycles. The number of carbonyl (C=O) groups is 1. The van der Waals surface area contributed by atoms with Crippen LogP contribution < -0.4 is 9.64 Å². The minimum absolute atomic E-state index is 0.550. The highest BCUT2D eigenvalue weighted by molar-refractivity contribution is 5.86. The lowest BCUT2D eigenvalue weighted by molar-refractivity contribution is -0.107. The summed E-state index contributed by atoms with van der Waals surface area (Å²) in [4.78, 5) is 18.1. The van der Waals surface area contributed by atoms with E-state index in [0.717, 1.165) is 53.9 Å². The van der Waals surface area contributed by atoms with Gasteiger partial charge in [-0.05, 0) is 49.7 Å². The third-order valence-corrected chi connectivity index (χ3v) is 4.72. The number of hydrogen-bond acceptors (Lipinski definition) is 4. The molecular weight excluding hydrogens is 352 g/mol. The van der Waals surface area contributed by atoms with E-state index in [4.69, 9.17) is 9.15 Å². The van der Waals surface area contributed by atoms with Crippen molar-refractivity contribution in [1.82, 2.24) is 4.98 Å². The second-order valence-electron chi connectivity index (χ2n) is 6.69. The summed E-state index contributed by atoms with van der Waals surface area (Å²) >= 11 is 0. The number of oxazole rings is 1. The van der Waals surface area contributed by atoms with Crippen molar-refractivity contribution in [2.24, 2.45) is 0 Å². The summed E-state index contributed by atoms with van der Waals surface area (Å²) in [5, 5.41) is 0. The quantitative estimate of drug-likeness (QED) is 0.365. The summed E-state index contributed by atoms with van der Waals surface area (Å²) in [6.45, 7) is 4.76. The van der Waals surface area contributed by atoms with E-state index in [1.165, 1.54) is 0 Å². The molecule has 0 aliphatic heterocycles. The number of aryl methyl sites for hydroxylation is 1. The lowest BCUT2D eigenvalue weighted by Crippen LogP contribution is -2.22. The van der Waals surface area contributed by atoms with Gasteiger partial charge in [0.15, 0.2) is 5.76 Å². The Balaban J connectivity index is 1.95. The third kappa shape index (κ3) is 4.25. The van der Waals surface area contributed by atoms with Gasteiger partial charge in [0.25, 0.3) is 0 Å².